The zero-order valence-electron chi connectivity index (χ0n) is 14.9. The van der Waals surface area contributed by atoms with Gasteiger partial charge in [-0.1, -0.05) is 58.3 Å². The van der Waals surface area contributed by atoms with Crippen LogP contribution in [0, 0.1) is 0 Å². The summed E-state index contributed by atoms with van der Waals surface area (Å²) in [5, 5.41) is 24.8. The second kappa shape index (κ2) is 9.91. The molecule has 0 unspecified atom stereocenters. The number of nitrogens with zero attached hydrogens (tertiary/aromatic N) is 4. The van der Waals surface area contributed by atoms with E-state index in [-0.39, 0.29) is 5.75 Å². The van der Waals surface area contributed by atoms with E-state index in [1.165, 1.54) is 0 Å². The number of hydrogen-bond acceptors (Lipinski definition) is 5. The number of phenolic OH excluding ortho intramolecular Hbond substituents is 1. The van der Waals surface area contributed by atoms with Crippen molar-refractivity contribution < 1.29 is 5.11 Å². The van der Waals surface area contributed by atoms with Crippen molar-refractivity contribution in [2.24, 2.45) is 5.10 Å². The molecule has 0 bridgehead atoms. The summed E-state index contributed by atoms with van der Waals surface area (Å²) in [5.41, 5.74) is 1.73. The van der Waals surface area contributed by atoms with E-state index in [4.69, 9.17) is 11.6 Å². The average Bonchev–Trinajstić information content (AvgIpc) is 3.05. The van der Waals surface area contributed by atoms with Crippen LogP contribution in [0.4, 0.5) is 0 Å². The van der Waals surface area contributed by atoms with Crippen LogP contribution in [-0.2, 0) is 12.2 Å². The van der Waals surface area contributed by atoms with Gasteiger partial charge in [-0.3, -0.25) is 0 Å². The summed E-state index contributed by atoms with van der Waals surface area (Å²) in [6, 6.07) is 11.3. The molecule has 0 aliphatic heterocycles. The van der Waals surface area contributed by atoms with Crippen LogP contribution in [0.3, 0.4) is 0 Å². The minimum atomic E-state index is 0.132. The molecule has 28 heavy (non-hydrogen) atoms. The van der Waals surface area contributed by atoms with E-state index in [0.29, 0.717) is 20.2 Å². The number of thioether (sulfide) groups is 1. The van der Waals surface area contributed by atoms with Gasteiger partial charge in [-0.15, -0.1) is 10.2 Å². The van der Waals surface area contributed by atoms with Crippen molar-refractivity contribution in [1.29, 1.82) is 0 Å². The second-order valence-corrected chi connectivity index (χ2v) is 9.09. The van der Waals surface area contributed by atoms with Gasteiger partial charge in [0.25, 0.3) is 0 Å². The van der Waals surface area contributed by atoms with E-state index in [1.807, 2.05) is 24.3 Å². The summed E-state index contributed by atoms with van der Waals surface area (Å²) in [6.45, 7) is 2.08. The molecule has 0 aliphatic carbocycles. The molecule has 1 heterocycles. The zero-order valence-corrected chi connectivity index (χ0v) is 19.7. The van der Waals surface area contributed by atoms with Crippen LogP contribution in [0.5, 0.6) is 5.75 Å². The molecule has 9 heteroatoms. The predicted octanol–water partition coefficient (Wildman–Crippen LogP) is 6.29. The molecular formula is C19H17Br2ClN4OS. The Labute approximate surface area is 189 Å². The number of benzene rings is 2. The SMILES string of the molecule is CCCc1nnc(SCc2ccc(Cl)cc2)n1/N=C/c1cc(Br)cc(Br)c1O. The fraction of sp³-hybridized carbons (Fsp3) is 0.211. The van der Waals surface area contributed by atoms with Crippen LogP contribution in [0.2, 0.25) is 5.02 Å². The Balaban J connectivity index is 1.86. The molecule has 3 aromatic rings. The van der Waals surface area contributed by atoms with Crippen molar-refractivity contribution in [3.63, 3.8) is 0 Å². The standard InChI is InChI=1S/C19H17Br2ClN4OS/c1-2-3-17-24-25-19(28-11-12-4-6-15(22)7-5-12)26(17)23-10-13-8-14(20)9-16(21)18(13)27/h4-10,27H,2-3,11H2,1H3/b23-10+. The highest BCUT2D eigenvalue weighted by molar-refractivity contribution is 9.11. The molecule has 146 valence electrons. The predicted molar refractivity (Wildman–Crippen MR) is 122 cm³/mol. The van der Waals surface area contributed by atoms with E-state index in [0.717, 1.165) is 34.5 Å². The van der Waals surface area contributed by atoms with Crippen LogP contribution in [0.1, 0.15) is 30.3 Å². The van der Waals surface area contributed by atoms with Crippen molar-refractivity contribution >= 4 is 61.4 Å². The van der Waals surface area contributed by atoms with Crippen molar-refractivity contribution in [3.05, 3.63) is 67.3 Å². The van der Waals surface area contributed by atoms with Gasteiger partial charge in [0.2, 0.25) is 5.16 Å². The normalized spacial score (nSPS) is 11.4. The molecule has 3 rings (SSSR count). The zero-order chi connectivity index (χ0) is 20.1. The Morgan fingerprint density at radius 1 is 1.21 bits per heavy atom. The van der Waals surface area contributed by atoms with Gasteiger partial charge in [-0.05, 0) is 52.2 Å². The highest BCUT2D eigenvalue weighted by Crippen LogP contribution is 2.31. The van der Waals surface area contributed by atoms with Crippen molar-refractivity contribution in [1.82, 2.24) is 14.9 Å². The second-order valence-electron chi connectivity index (χ2n) is 5.95. The van der Waals surface area contributed by atoms with Gasteiger partial charge in [-0.2, -0.15) is 9.78 Å². The number of aromatic hydroxyl groups is 1. The first-order valence-corrected chi connectivity index (χ1v) is 11.5. The van der Waals surface area contributed by atoms with Crippen molar-refractivity contribution in [2.75, 3.05) is 0 Å². The first kappa shape index (κ1) is 21.4. The topological polar surface area (TPSA) is 63.3 Å². The van der Waals surface area contributed by atoms with Crippen LogP contribution in [-0.4, -0.2) is 26.2 Å². The van der Waals surface area contributed by atoms with Crippen LogP contribution >= 0.6 is 55.2 Å². The summed E-state index contributed by atoms with van der Waals surface area (Å²) < 4.78 is 3.17. The third kappa shape index (κ3) is 5.37. The Morgan fingerprint density at radius 3 is 2.68 bits per heavy atom. The third-order valence-electron chi connectivity index (χ3n) is 3.80. The summed E-state index contributed by atoms with van der Waals surface area (Å²) in [5.74, 6) is 1.64. The molecule has 1 aromatic heterocycles. The van der Waals surface area contributed by atoms with Crippen molar-refractivity contribution in [3.8, 4) is 5.75 Å². The number of halogens is 3. The number of phenols is 1. The van der Waals surface area contributed by atoms with Gasteiger partial charge in [0, 0.05) is 27.2 Å². The molecule has 0 radical (unpaired) electrons. The lowest BCUT2D eigenvalue weighted by molar-refractivity contribution is 0.471. The molecule has 0 saturated carbocycles. The van der Waals surface area contributed by atoms with Gasteiger partial charge in [-0.25, -0.2) is 0 Å². The number of rotatable bonds is 7. The smallest absolute Gasteiger partial charge is 0.212 e. The summed E-state index contributed by atoms with van der Waals surface area (Å²) in [6.07, 6.45) is 3.31. The Kier molecular flexibility index (Phi) is 7.56. The molecule has 0 aliphatic rings. The van der Waals surface area contributed by atoms with E-state index in [9.17, 15) is 5.11 Å². The van der Waals surface area contributed by atoms with E-state index in [2.05, 4.69) is 54.1 Å². The fourth-order valence-electron chi connectivity index (χ4n) is 2.41. The Morgan fingerprint density at radius 2 is 1.96 bits per heavy atom. The minimum Gasteiger partial charge on any atom is -0.506 e. The first-order chi connectivity index (χ1) is 13.5. The Bertz CT molecular complexity index is 992. The molecule has 0 saturated heterocycles. The van der Waals surface area contributed by atoms with Crippen LogP contribution in [0.15, 0.2) is 55.6 Å². The summed E-state index contributed by atoms with van der Waals surface area (Å²) >= 11 is 14.3. The number of aryl methyl sites for hydroxylation is 1. The summed E-state index contributed by atoms with van der Waals surface area (Å²) in [7, 11) is 0. The minimum absolute atomic E-state index is 0.132. The highest BCUT2D eigenvalue weighted by Gasteiger charge is 2.12. The third-order valence-corrected chi connectivity index (χ3v) is 6.11. The van der Waals surface area contributed by atoms with Gasteiger partial charge in [0.05, 0.1) is 10.7 Å². The van der Waals surface area contributed by atoms with Gasteiger partial charge in [0.1, 0.15) is 5.75 Å². The van der Waals surface area contributed by atoms with Gasteiger partial charge >= 0.3 is 0 Å². The van der Waals surface area contributed by atoms with E-state index < -0.39 is 0 Å². The van der Waals surface area contributed by atoms with Gasteiger partial charge < -0.3 is 5.11 Å². The first-order valence-electron chi connectivity index (χ1n) is 8.51. The maximum Gasteiger partial charge on any atom is 0.212 e. The van der Waals surface area contributed by atoms with Crippen LogP contribution < -0.4 is 0 Å². The molecule has 0 atom stereocenters. The lowest BCUT2D eigenvalue weighted by atomic mass is 10.2. The molecule has 0 spiro atoms. The molecule has 0 fully saturated rings. The molecule has 0 amide bonds. The van der Waals surface area contributed by atoms with E-state index >= 15 is 0 Å². The maximum absolute atomic E-state index is 10.3. The number of hydrogen-bond donors (Lipinski definition) is 1. The average molecular weight is 545 g/mol. The fourth-order valence-corrected chi connectivity index (χ4v) is 4.66. The van der Waals surface area contributed by atoms with Crippen molar-refractivity contribution in [2.45, 2.75) is 30.7 Å². The highest BCUT2D eigenvalue weighted by atomic mass is 79.9. The Hall–Kier alpha value is -1.35. The summed E-state index contributed by atoms with van der Waals surface area (Å²) in [4.78, 5) is 0. The van der Waals surface area contributed by atoms with E-state index in [1.54, 1.807) is 34.8 Å². The van der Waals surface area contributed by atoms with Gasteiger partial charge in [0.15, 0.2) is 5.82 Å². The van der Waals surface area contributed by atoms with Crippen LogP contribution in [0.25, 0.3) is 0 Å². The maximum atomic E-state index is 10.3. The molecule has 1 N–H and O–H groups in total. The monoisotopic (exact) mass is 542 g/mol. The molecule has 5 nitrogen and oxygen atoms in total. The lowest BCUT2D eigenvalue weighted by Crippen LogP contribution is -2.00. The largest absolute Gasteiger partial charge is 0.506 e. The lowest BCUT2D eigenvalue weighted by Gasteiger charge is -2.06. The quantitative estimate of drug-likeness (QED) is 0.281. The number of aromatic nitrogens is 3. The molecular weight excluding hydrogens is 528 g/mol. The molecule has 2 aromatic carbocycles.